The van der Waals surface area contributed by atoms with Crippen LogP contribution in [-0.4, -0.2) is 47.7 Å². The molecular formula is C16H32N2O2. The molecule has 1 aliphatic carbocycles. The summed E-state index contributed by atoms with van der Waals surface area (Å²) in [4.78, 5) is 13.6. The molecule has 118 valence electrons. The van der Waals surface area contributed by atoms with Gasteiger partial charge < -0.3 is 15.3 Å². The minimum atomic E-state index is -0.734. The maximum Gasteiger partial charge on any atom is 0.320 e. The van der Waals surface area contributed by atoms with Crippen LogP contribution in [0.3, 0.4) is 0 Å². The Bertz CT molecular complexity index is 286. The van der Waals surface area contributed by atoms with E-state index in [4.69, 9.17) is 0 Å². The van der Waals surface area contributed by atoms with Crippen molar-refractivity contribution in [2.24, 2.45) is 5.92 Å². The number of rotatable bonds is 8. The molecule has 4 heteroatoms. The third kappa shape index (κ3) is 5.80. The maximum atomic E-state index is 11.2. The molecule has 2 N–H and O–H groups in total. The molecule has 1 unspecified atom stereocenters. The summed E-state index contributed by atoms with van der Waals surface area (Å²) >= 11 is 0. The summed E-state index contributed by atoms with van der Waals surface area (Å²) in [5.74, 6) is 0.177. The highest BCUT2D eigenvalue weighted by molar-refractivity contribution is 5.73. The minimum absolute atomic E-state index is 0.210. The lowest BCUT2D eigenvalue weighted by Gasteiger charge is -2.35. The Morgan fingerprint density at radius 1 is 1.30 bits per heavy atom. The van der Waals surface area contributed by atoms with Crippen molar-refractivity contribution in [3.63, 3.8) is 0 Å². The summed E-state index contributed by atoms with van der Waals surface area (Å²) in [6.07, 6.45) is 7.18. The van der Waals surface area contributed by atoms with E-state index in [2.05, 4.69) is 24.2 Å². The van der Waals surface area contributed by atoms with Gasteiger partial charge in [0.25, 0.3) is 0 Å². The Morgan fingerprint density at radius 3 is 2.35 bits per heavy atom. The first kappa shape index (κ1) is 17.4. The molecule has 1 atom stereocenters. The van der Waals surface area contributed by atoms with Crippen molar-refractivity contribution in [2.45, 2.75) is 77.4 Å². The topological polar surface area (TPSA) is 52.6 Å². The van der Waals surface area contributed by atoms with E-state index >= 15 is 0 Å². The van der Waals surface area contributed by atoms with Gasteiger partial charge in [-0.1, -0.05) is 27.2 Å². The van der Waals surface area contributed by atoms with E-state index in [9.17, 15) is 9.90 Å². The smallest absolute Gasteiger partial charge is 0.320 e. The standard InChI is InChI=1S/C16H32N2O2/c1-5-13-6-8-14(9-7-13)18(4)11-10-15(16(19)20)17-12(2)3/h12-15,17H,5-11H2,1-4H3,(H,19,20). The largest absolute Gasteiger partial charge is 0.480 e. The van der Waals surface area contributed by atoms with Gasteiger partial charge in [0, 0.05) is 18.6 Å². The molecular weight excluding hydrogens is 252 g/mol. The number of hydrogen-bond donors (Lipinski definition) is 2. The molecule has 0 aromatic rings. The Kier molecular flexibility index (Phi) is 7.52. The third-order valence-corrected chi connectivity index (χ3v) is 4.62. The quantitative estimate of drug-likeness (QED) is 0.719. The third-order valence-electron chi connectivity index (χ3n) is 4.62. The highest BCUT2D eigenvalue weighted by Crippen LogP contribution is 2.28. The van der Waals surface area contributed by atoms with Crippen LogP contribution in [0.15, 0.2) is 0 Å². The molecule has 4 nitrogen and oxygen atoms in total. The highest BCUT2D eigenvalue weighted by Gasteiger charge is 2.24. The van der Waals surface area contributed by atoms with Gasteiger partial charge in [0.05, 0.1) is 0 Å². The van der Waals surface area contributed by atoms with Crippen molar-refractivity contribution < 1.29 is 9.90 Å². The summed E-state index contributed by atoms with van der Waals surface area (Å²) < 4.78 is 0. The van der Waals surface area contributed by atoms with Crippen molar-refractivity contribution in [1.29, 1.82) is 0 Å². The van der Waals surface area contributed by atoms with E-state index in [0.717, 1.165) is 12.5 Å². The minimum Gasteiger partial charge on any atom is -0.480 e. The van der Waals surface area contributed by atoms with Crippen molar-refractivity contribution >= 4 is 5.97 Å². The van der Waals surface area contributed by atoms with E-state index in [0.29, 0.717) is 12.5 Å². The van der Waals surface area contributed by atoms with Gasteiger partial charge in [0.15, 0.2) is 0 Å². The number of carboxylic acids is 1. The number of hydrogen-bond acceptors (Lipinski definition) is 3. The molecule has 0 heterocycles. The number of nitrogens with zero attached hydrogens (tertiary/aromatic N) is 1. The van der Waals surface area contributed by atoms with Gasteiger partial charge >= 0.3 is 5.97 Å². The van der Waals surface area contributed by atoms with Gasteiger partial charge in [-0.25, -0.2) is 0 Å². The highest BCUT2D eigenvalue weighted by atomic mass is 16.4. The molecule has 1 saturated carbocycles. The number of nitrogens with one attached hydrogen (secondary N) is 1. The van der Waals surface area contributed by atoms with Gasteiger partial charge in [0.2, 0.25) is 0 Å². The summed E-state index contributed by atoms with van der Waals surface area (Å²) in [6.45, 7) is 7.12. The monoisotopic (exact) mass is 284 g/mol. The van der Waals surface area contributed by atoms with E-state index in [1.165, 1.54) is 32.1 Å². The van der Waals surface area contributed by atoms with Gasteiger partial charge in [-0.3, -0.25) is 4.79 Å². The van der Waals surface area contributed by atoms with Crippen LogP contribution in [0.2, 0.25) is 0 Å². The van der Waals surface area contributed by atoms with Crippen molar-refractivity contribution in [1.82, 2.24) is 10.2 Å². The predicted molar refractivity (Wildman–Crippen MR) is 83.0 cm³/mol. The normalized spacial score (nSPS) is 25.1. The summed E-state index contributed by atoms with van der Waals surface area (Å²) in [5, 5.41) is 12.4. The van der Waals surface area contributed by atoms with E-state index < -0.39 is 12.0 Å². The molecule has 0 saturated heterocycles. The SMILES string of the molecule is CCC1CCC(N(C)CCC(NC(C)C)C(=O)O)CC1. The van der Waals surface area contributed by atoms with Gasteiger partial charge in [-0.05, 0) is 45.1 Å². The lowest BCUT2D eigenvalue weighted by Crippen LogP contribution is -2.44. The summed E-state index contributed by atoms with van der Waals surface area (Å²) in [5.41, 5.74) is 0. The zero-order chi connectivity index (χ0) is 15.1. The molecule has 20 heavy (non-hydrogen) atoms. The molecule has 0 radical (unpaired) electrons. The van der Waals surface area contributed by atoms with E-state index in [1.54, 1.807) is 0 Å². The molecule has 1 rings (SSSR count). The van der Waals surface area contributed by atoms with Crippen molar-refractivity contribution in [2.75, 3.05) is 13.6 Å². The number of aliphatic carboxylic acids is 1. The first-order valence-electron chi connectivity index (χ1n) is 8.13. The van der Waals surface area contributed by atoms with Gasteiger partial charge in [-0.2, -0.15) is 0 Å². The Morgan fingerprint density at radius 2 is 1.90 bits per heavy atom. The lowest BCUT2D eigenvalue weighted by molar-refractivity contribution is -0.140. The molecule has 1 fully saturated rings. The number of carbonyl (C=O) groups is 1. The van der Waals surface area contributed by atoms with Crippen LogP contribution in [-0.2, 0) is 4.79 Å². The van der Waals surface area contributed by atoms with Crippen LogP contribution >= 0.6 is 0 Å². The van der Waals surface area contributed by atoms with Crippen LogP contribution in [0.4, 0.5) is 0 Å². The first-order valence-corrected chi connectivity index (χ1v) is 8.13. The molecule has 0 spiro atoms. The first-order chi connectivity index (χ1) is 9.43. The van der Waals surface area contributed by atoms with Crippen LogP contribution in [0.5, 0.6) is 0 Å². The van der Waals surface area contributed by atoms with E-state index in [1.807, 2.05) is 13.8 Å². The zero-order valence-corrected chi connectivity index (χ0v) is 13.6. The fraction of sp³-hybridized carbons (Fsp3) is 0.938. The second-order valence-electron chi connectivity index (χ2n) is 6.56. The lowest BCUT2D eigenvalue weighted by atomic mass is 9.84. The van der Waals surface area contributed by atoms with Crippen LogP contribution in [0.25, 0.3) is 0 Å². The Hall–Kier alpha value is -0.610. The maximum absolute atomic E-state index is 11.2. The fourth-order valence-electron chi connectivity index (χ4n) is 3.19. The summed E-state index contributed by atoms with van der Waals surface area (Å²) in [6, 6.07) is 0.428. The molecule has 1 aliphatic rings. The van der Waals surface area contributed by atoms with Crippen molar-refractivity contribution in [3.8, 4) is 0 Å². The molecule has 0 aromatic heterocycles. The van der Waals surface area contributed by atoms with Crippen LogP contribution in [0.1, 0.15) is 59.3 Å². The van der Waals surface area contributed by atoms with Crippen molar-refractivity contribution in [3.05, 3.63) is 0 Å². The second-order valence-corrected chi connectivity index (χ2v) is 6.56. The zero-order valence-electron chi connectivity index (χ0n) is 13.6. The number of carboxylic acid groups (broad SMARTS) is 1. The van der Waals surface area contributed by atoms with Gasteiger partial charge in [0.1, 0.15) is 6.04 Å². The van der Waals surface area contributed by atoms with Crippen LogP contribution in [0, 0.1) is 5.92 Å². The predicted octanol–water partition coefficient (Wildman–Crippen LogP) is 2.73. The van der Waals surface area contributed by atoms with Crippen LogP contribution < -0.4 is 5.32 Å². The average molecular weight is 284 g/mol. The molecule has 0 aliphatic heterocycles. The Labute approximate surface area is 123 Å². The van der Waals surface area contributed by atoms with E-state index in [-0.39, 0.29) is 6.04 Å². The molecule has 0 amide bonds. The average Bonchev–Trinajstić information content (AvgIpc) is 2.42. The second kappa shape index (κ2) is 8.63. The summed E-state index contributed by atoms with van der Waals surface area (Å²) in [7, 11) is 2.14. The molecule has 0 bridgehead atoms. The van der Waals surface area contributed by atoms with Gasteiger partial charge in [-0.15, -0.1) is 0 Å². The molecule has 0 aromatic carbocycles. The Balaban J connectivity index is 2.34. The fourth-order valence-corrected chi connectivity index (χ4v) is 3.19.